The van der Waals surface area contributed by atoms with Crippen molar-refractivity contribution < 1.29 is 24.9 Å². The van der Waals surface area contributed by atoms with Gasteiger partial charge in [0.25, 0.3) is 0 Å². The van der Waals surface area contributed by atoms with Crippen LogP contribution < -0.4 is 0 Å². The number of aliphatic hydroxyl groups is 2. The summed E-state index contributed by atoms with van der Waals surface area (Å²) in [6.07, 6.45) is 5.74. The molecule has 5 nitrogen and oxygen atoms in total. The van der Waals surface area contributed by atoms with E-state index in [-0.39, 0.29) is 58.9 Å². The Kier molecular flexibility index (Phi) is 5.39. The molecule has 0 saturated heterocycles. The van der Waals surface area contributed by atoms with E-state index in [1.807, 2.05) is 0 Å². The molecule has 4 fully saturated rings. The first kappa shape index (κ1) is 21.3. The summed E-state index contributed by atoms with van der Waals surface area (Å²) < 4.78 is 0. The molecule has 0 spiro atoms. The molecule has 4 saturated carbocycles. The Morgan fingerprint density at radius 2 is 1.86 bits per heavy atom. The Labute approximate surface area is 174 Å². The number of aliphatic carboxylic acids is 1. The zero-order valence-electron chi connectivity index (χ0n) is 18.1. The standard InChI is InChI=1S/C24H38O5/c1-13(4-7-21(28)29)16-5-6-17-22-18(12-20(27)24(16,17)3)23(2)9-8-15(25)10-14(23)11-19(22)26/h13-18,20,22,25,27H,4-12H2,1-3H3,(H,28,29)/t13-,14+,15-,16-,17+,18+,20+,22?,23+,24-/m0/s1. The van der Waals surface area contributed by atoms with Gasteiger partial charge in [0, 0.05) is 24.2 Å². The van der Waals surface area contributed by atoms with Gasteiger partial charge in [-0.3, -0.25) is 9.59 Å². The van der Waals surface area contributed by atoms with E-state index >= 15 is 0 Å². The van der Waals surface area contributed by atoms with Crippen LogP contribution in [0.5, 0.6) is 0 Å². The van der Waals surface area contributed by atoms with Crippen molar-refractivity contribution in [1.82, 2.24) is 0 Å². The minimum atomic E-state index is -0.762. The van der Waals surface area contributed by atoms with Crippen LogP contribution >= 0.6 is 0 Å². The second kappa shape index (κ2) is 7.33. The molecular weight excluding hydrogens is 368 g/mol. The second-order valence-electron chi connectivity index (χ2n) is 11.3. The molecule has 1 unspecified atom stereocenters. The maximum atomic E-state index is 13.4. The van der Waals surface area contributed by atoms with Crippen LogP contribution in [0.1, 0.15) is 78.6 Å². The Morgan fingerprint density at radius 3 is 2.55 bits per heavy atom. The van der Waals surface area contributed by atoms with Crippen LogP contribution in [0.15, 0.2) is 0 Å². The third-order valence-electron chi connectivity index (χ3n) is 10.1. The number of carboxylic acids is 1. The lowest BCUT2D eigenvalue weighted by Crippen LogP contribution is -2.61. The van der Waals surface area contributed by atoms with Gasteiger partial charge in [0.1, 0.15) is 5.78 Å². The van der Waals surface area contributed by atoms with Gasteiger partial charge >= 0.3 is 5.97 Å². The number of carboxylic acid groups (broad SMARTS) is 1. The first-order chi connectivity index (χ1) is 13.6. The van der Waals surface area contributed by atoms with Gasteiger partial charge in [0.15, 0.2) is 0 Å². The number of ketones is 1. The zero-order chi connectivity index (χ0) is 21.1. The van der Waals surface area contributed by atoms with E-state index in [0.29, 0.717) is 25.0 Å². The number of hydrogen-bond donors (Lipinski definition) is 3. The molecule has 0 aromatic heterocycles. The molecule has 3 N–H and O–H groups in total. The molecule has 0 aliphatic heterocycles. The summed E-state index contributed by atoms with van der Waals surface area (Å²) in [6, 6.07) is 0. The molecule has 5 heteroatoms. The minimum absolute atomic E-state index is 0.0246. The zero-order valence-corrected chi connectivity index (χ0v) is 18.1. The molecule has 4 aliphatic rings. The molecule has 0 heterocycles. The van der Waals surface area contributed by atoms with Crippen LogP contribution in [-0.4, -0.2) is 39.3 Å². The van der Waals surface area contributed by atoms with Crippen molar-refractivity contribution >= 4 is 11.8 Å². The number of aliphatic hydroxyl groups excluding tert-OH is 2. The quantitative estimate of drug-likeness (QED) is 0.662. The molecule has 0 bridgehead atoms. The lowest BCUT2D eigenvalue weighted by Gasteiger charge is -2.61. The molecule has 0 aromatic rings. The predicted octanol–water partition coefficient (Wildman–Crippen LogP) is 3.66. The van der Waals surface area contributed by atoms with Gasteiger partial charge in [-0.2, -0.15) is 0 Å². The van der Waals surface area contributed by atoms with Gasteiger partial charge in [-0.25, -0.2) is 0 Å². The van der Waals surface area contributed by atoms with Crippen molar-refractivity contribution in [3.05, 3.63) is 0 Å². The summed E-state index contributed by atoms with van der Waals surface area (Å²) in [5, 5.41) is 30.7. The summed E-state index contributed by atoms with van der Waals surface area (Å²) in [6.45, 7) is 6.62. The fourth-order valence-corrected chi connectivity index (χ4v) is 8.40. The minimum Gasteiger partial charge on any atom is -0.481 e. The first-order valence-corrected chi connectivity index (χ1v) is 11.7. The largest absolute Gasteiger partial charge is 0.481 e. The van der Waals surface area contributed by atoms with Gasteiger partial charge in [-0.05, 0) is 80.0 Å². The van der Waals surface area contributed by atoms with Crippen molar-refractivity contribution in [2.75, 3.05) is 0 Å². The lowest BCUT2D eigenvalue weighted by atomic mass is 9.43. The van der Waals surface area contributed by atoms with Gasteiger partial charge in [-0.1, -0.05) is 20.8 Å². The third-order valence-corrected chi connectivity index (χ3v) is 10.1. The van der Waals surface area contributed by atoms with Crippen LogP contribution in [0.4, 0.5) is 0 Å². The molecule has 29 heavy (non-hydrogen) atoms. The number of Topliss-reactive ketones (excluding diaryl/α,β-unsaturated/α-hetero) is 1. The maximum absolute atomic E-state index is 13.4. The SMILES string of the molecule is C[C@@H](CCC(=O)O)[C@@H]1CC[C@@H]2C3C(=O)C[C@H]4C[C@@H](O)CC[C@@]4(C)[C@@H]3C[C@@H](O)[C@]21C. The number of carbonyl (C=O) groups is 2. The van der Waals surface area contributed by atoms with E-state index in [1.165, 1.54) is 0 Å². The predicted molar refractivity (Wildman–Crippen MR) is 109 cm³/mol. The Hall–Kier alpha value is -0.940. The Bertz CT molecular complexity index is 676. The van der Waals surface area contributed by atoms with E-state index in [2.05, 4.69) is 20.8 Å². The second-order valence-corrected chi connectivity index (χ2v) is 11.3. The van der Waals surface area contributed by atoms with Gasteiger partial charge in [0.05, 0.1) is 12.2 Å². The Balaban J connectivity index is 1.62. The maximum Gasteiger partial charge on any atom is 0.303 e. The van der Waals surface area contributed by atoms with Crippen molar-refractivity contribution in [2.24, 2.45) is 46.3 Å². The highest BCUT2D eigenvalue weighted by Gasteiger charge is 2.65. The lowest BCUT2D eigenvalue weighted by molar-refractivity contribution is -0.182. The number of rotatable bonds is 4. The van der Waals surface area contributed by atoms with Crippen molar-refractivity contribution in [1.29, 1.82) is 0 Å². The monoisotopic (exact) mass is 406 g/mol. The fraction of sp³-hybridized carbons (Fsp3) is 0.917. The highest BCUT2D eigenvalue weighted by atomic mass is 16.4. The average Bonchev–Trinajstić information content (AvgIpc) is 3.01. The smallest absolute Gasteiger partial charge is 0.303 e. The van der Waals surface area contributed by atoms with Crippen molar-refractivity contribution in [3.8, 4) is 0 Å². The highest BCUT2D eigenvalue weighted by molar-refractivity contribution is 5.83. The normalized spacial score (nSPS) is 50.4. The van der Waals surface area contributed by atoms with E-state index in [9.17, 15) is 19.8 Å². The molecular formula is C24H38O5. The molecule has 0 radical (unpaired) electrons. The molecule has 0 aromatic carbocycles. The van der Waals surface area contributed by atoms with Gasteiger partial charge in [-0.15, -0.1) is 0 Å². The summed E-state index contributed by atoms with van der Waals surface area (Å²) in [5.74, 6) is 0.775. The summed E-state index contributed by atoms with van der Waals surface area (Å²) in [5.41, 5.74) is -0.265. The number of fused-ring (bicyclic) bond motifs is 5. The van der Waals surface area contributed by atoms with Crippen LogP contribution in [0.25, 0.3) is 0 Å². The van der Waals surface area contributed by atoms with E-state index in [1.54, 1.807) is 0 Å². The van der Waals surface area contributed by atoms with Crippen molar-refractivity contribution in [3.63, 3.8) is 0 Å². The first-order valence-electron chi connectivity index (χ1n) is 11.7. The fourth-order valence-electron chi connectivity index (χ4n) is 8.40. The number of carbonyl (C=O) groups excluding carboxylic acids is 1. The molecule has 10 atom stereocenters. The van der Waals surface area contributed by atoms with Crippen LogP contribution in [0.3, 0.4) is 0 Å². The molecule has 4 aliphatic carbocycles. The average molecular weight is 407 g/mol. The third kappa shape index (κ3) is 3.18. The number of hydrogen-bond acceptors (Lipinski definition) is 4. The van der Waals surface area contributed by atoms with E-state index < -0.39 is 12.1 Å². The summed E-state index contributed by atoms with van der Waals surface area (Å²) >= 11 is 0. The van der Waals surface area contributed by atoms with E-state index in [0.717, 1.165) is 32.1 Å². The van der Waals surface area contributed by atoms with Gasteiger partial charge in [0.2, 0.25) is 0 Å². The van der Waals surface area contributed by atoms with E-state index in [4.69, 9.17) is 5.11 Å². The topological polar surface area (TPSA) is 94.8 Å². The van der Waals surface area contributed by atoms with Crippen LogP contribution in [0.2, 0.25) is 0 Å². The van der Waals surface area contributed by atoms with Crippen LogP contribution in [0, 0.1) is 46.3 Å². The summed E-state index contributed by atoms with van der Waals surface area (Å²) in [4.78, 5) is 24.4. The molecule has 4 rings (SSSR count). The van der Waals surface area contributed by atoms with Crippen molar-refractivity contribution in [2.45, 2.75) is 90.8 Å². The van der Waals surface area contributed by atoms with Crippen LogP contribution in [-0.2, 0) is 9.59 Å². The summed E-state index contributed by atoms with van der Waals surface area (Å²) in [7, 11) is 0. The Morgan fingerprint density at radius 1 is 1.14 bits per heavy atom. The van der Waals surface area contributed by atoms with Gasteiger partial charge < -0.3 is 15.3 Å². The highest BCUT2D eigenvalue weighted by Crippen LogP contribution is 2.67. The molecule has 164 valence electrons. The molecule has 0 amide bonds.